The lowest BCUT2D eigenvalue weighted by Crippen LogP contribution is -2.24. The SMILES string of the molecule is Nc1ccccc1NC(=O)c1ccc(CNC(=O)c2nn(-c3ccccc3Cl)nc2N)cc1. The highest BCUT2D eigenvalue weighted by molar-refractivity contribution is 6.32. The number of nitrogens with two attached hydrogens (primary N) is 2. The van der Waals surface area contributed by atoms with E-state index in [0.29, 0.717) is 27.6 Å². The maximum absolute atomic E-state index is 12.6. The van der Waals surface area contributed by atoms with E-state index in [1.54, 1.807) is 72.8 Å². The summed E-state index contributed by atoms with van der Waals surface area (Å²) in [5.74, 6) is -0.778. The molecule has 0 spiro atoms. The number of benzene rings is 3. The predicted octanol–water partition coefficient (Wildman–Crippen LogP) is 3.27. The van der Waals surface area contributed by atoms with Gasteiger partial charge in [-0.25, -0.2) is 0 Å². The normalized spacial score (nSPS) is 10.6. The van der Waals surface area contributed by atoms with E-state index in [1.165, 1.54) is 4.80 Å². The molecule has 9 nitrogen and oxygen atoms in total. The summed E-state index contributed by atoms with van der Waals surface area (Å²) in [5, 5.41) is 14.2. The van der Waals surface area contributed by atoms with Crippen LogP contribution in [0, 0.1) is 0 Å². The van der Waals surface area contributed by atoms with Crippen molar-refractivity contribution < 1.29 is 9.59 Å². The Morgan fingerprint density at radius 2 is 1.58 bits per heavy atom. The van der Waals surface area contributed by atoms with Crippen LogP contribution in [0.5, 0.6) is 0 Å². The average molecular weight is 462 g/mol. The fourth-order valence-electron chi connectivity index (χ4n) is 3.05. The Balaban J connectivity index is 1.39. The quantitative estimate of drug-likeness (QED) is 0.325. The third kappa shape index (κ3) is 4.94. The zero-order chi connectivity index (χ0) is 23.4. The standard InChI is InChI=1S/C23H20ClN7O2/c24-16-5-1-4-8-19(16)31-29-20(21(26)30-31)23(33)27-13-14-9-11-15(12-10-14)22(32)28-18-7-3-2-6-17(18)25/h1-12H,13,25H2,(H2,26,30)(H,27,33)(H,28,32). The molecule has 0 atom stereocenters. The molecule has 0 aliphatic heterocycles. The lowest BCUT2D eigenvalue weighted by atomic mass is 10.1. The Hall–Kier alpha value is -4.37. The number of hydrogen-bond donors (Lipinski definition) is 4. The first-order valence-corrected chi connectivity index (χ1v) is 10.3. The van der Waals surface area contributed by atoms with Gasteiger partial charge in [0.2, 0.25) is 0 Å². The van der Waals surface area contributed by atoms with Gasteiger partial charge in [0.15, 0.2) is 11.5 Å². The third-order valence-electron chi connectivity index (χ3n) is 4.80. The Kier molecular flexibility index (Phi) is 6.23. The Morgan fingerprint density at radius 3 is 2.30 bits per heavy atom. The Bertz CT molecular complexity index is 1320. The molecule has 10 heteroatoms. The highest BCUT2D eigenvalue weighted by Gasteiger charge is 2.18. The predicted molar refractivity (Wildman–Crippen MR) is 127 cm³/mol. The molecule has 4 aromatic rings. The van der Waals surface area contributed by atoms with E-state index >= 15 is 0 Å². The maximum atomic E-state index is 12.6. The van der Waals surface area contributed by atoms with E-state index < -0.39 is 5.91 Å². The number of carbonyl (C=O) groups is 2. The number of para-hydroxylation sites is 3. The van der Waals surface area contributed by atoms with E-state index in [0.717, 1.165) is 5.56 Å². The summed E-state index contributed by atoms with van der Waals surface area (Å²) in [6.07, 6.45) is 0. The lowest BCUT2D eigenvalue weighted by Gasteiger charge is -2.09. The summed E-state index contributed by atoms with van der Waals surface area (Å²) in [6.45, 7) is 0.213. The van der Waals surface area contributed by atoms with Gasteiger partial charge in [-0.3, -0.25) is 9.59 Å². The van der Waals surface area contributed by atoms with Crippen LogP contribution in [0.4, 0.5) is 17.2 Å². The van der Waals surface area contributed by atoms with Gasteiger partial charge >= 0.3 is 0 Å². The van der Waals surface area contributed by atoms with Crippen LogP contribution in [0.15, 0.2) is 72.8 Å². The van der Waals surface area contributed by atoms with Crippen molar-refractivity contribution in [2.75, 3.05) is 16.8 Å². The molecule has 0 saturated heterocycles. The van der Waals surface area contributed by atoms with Gasteiger partial charge in [0.05, 0.1) is 16.4 Å². The summed E-state index contributed by atoms with van der Waals surface area (Å²) in [6, 6.07) is 20.8. The molecule has 0 bridgehead atoms. The summed E-state index contributed by atoms with van der Waals surface area (Å²) >= 11 is 6.15. The second kappa shape index (κ2) is 9.41. The van der Waals surface area contributed by atoms with E-state index in [9.17, 15) is 9.59 Å². The third-order valence-corrected chi connectivity index (χ3v) is 5.12. The smallest absolute Gasteiger partial charge is 0.275 e. The highest BCUT2D eigenvalue weighted by Crippen LogP contribution is 2.20. The zero-order valence-corrected chi connectivity index (χ0v) is 18.1. The minimum atomic E-state index is -0.479. The number of nitrogens with zero attached hydrogens (tertiary/aromatic N) is 3. The molecular weight excluding hydrogens is 442 g/mol. The van der Waals surface area contributed by atoms with Crippen molar-refractivity contribution in [2.45, 2.75) is 6.54 Å². The van der Waals surface area contributed by atoms with Crippen LogP contribution in [0.3, 0.4) is 0 Å². The number of amides is 2. The summed E-state index contributed by atoms with van der Waals surface area (Å²) in [4.78, 5) is 26.2. The minimum Gasteiger partial charge on any atom is -0.397 e. The fraction of sp³-hybridized carbons (Fsp3) is 0.0435. The van der Waals surface area contributed by atoms with Gasteiger partial charge in [-0.1, -0.05) is 48.0 Å². The van der Waals surface area contributed by atoms with E-state index in [2.05, 4.69) is 20.8 Å². The lowest BCUT2D eigenvalue weighted by molar-refractivity contribution is 0.0945. The molecular formula is C23H20ClN7O2. The molecule has 1 heterocycles. The van der Waals surface area contributed by atoms with E-state index in [4.69, 9.17) is 23.1 Å². The molecule has 0 fully saturated rings. The van der Waals surface area contributed by atoms with Gasteiger partial charge in [-0.2, -0.15) is 0 Å². The van der Waals surface area contributed by atoms with Gasteiger partial charge in [0.25, 0.3) is 11.8 Å². The zero-order valence-electron chi connectivity index (χ0n) is 17.3. The number of hydrogen-bond acceptors (Lipinski definition) is 6. The number of rotatable bonds is 6. The molecule has 33 heavy (non-hydrogen) atoms. The maximum Gasteiger partial charge on any atom is 0.275 e. The molecule has 6 N–H and O–H groups in total. The number of carbonyl (C=O) groups excluding carboxylic acids is 2. The highest BCUT2D eigenvalue weighted by atomic mass is 35.5. The second-order valence-electron chi connectivity index (χ2n) is 7.10. The fourth-order valence-corrected chi connectivity index (χ4v) is 3.26. The first-order chi connectivity index (χ1) is 15.9. The number of nitrogens with one attached hydrogen (secondary N) is 2. The number of halogens is 1. The largest absolute Gasteiger partial charge is 0.397 e. The van der Waals surface area contributed by atoms with Crippen LogP contribution in [0.2, 0.25) is 5.02 Å². The van der Waals surface area contributed by atoms with Crippen molar-refractivity contribution >= 4 is 40.6 Å². The number of anilines is 3. The minimum absolute atomic E-state index is 0.00799. The van der Waals surface area contributed by atoms with Gasteiger partial charge < -0.3 is 22.1 Å². The van der Waals surface area contributed by atoms with Crippen molar-refractivity contribution in [3.05, 3.63) is 94.6 Å². The van der Waals surface area contributed by atoms with Crippen LogP contribution in [-0.2, 0) is 6.54 Å². The summed E-state index contributed by atoms with van der Waals surface area (Å²) in [5.41, 5.74) is 14.5. The van der Waals surface area contributed by atoms with Crippen LogP contribution in [0.25, 0.3) is 5.69 Å². The second-order valence-corrected chi connectivity index (χ2v) is 7.50. The topological polar surface area (TPSA) is 141 Å². The van der Waals surface area contributed by atoms with Gasteiger partial charge in [0.1, 0.15) is 5.69 Å². The van der Waals surface area contributed by atoms with E-state index in [1.807, 2.05) is 0 Å². The average Bonchev–Trinajstić information content (AvgIpc) is 3.21. The summed E-state index contributed by atoms with van der Waals surface area (Å²) in [7, 11) is 0. The summed E-state index contributed by atoms with van der Waals surface area (Å²) < 4.78 is 0. The monoisotopic (exact) mass is 461 g/mol. The van der Waals surface area contributed by atoms with Gasteiger partial charge in [-0.05, 0) is 42.0 Å². The van der Waals surface area contributed by atoms with Crippen LogP contribution in [-0.4, -0.2) is 26.8 Å². The molecule has 4 rings (SSSR count). The van der Waals surface area contributed by atoms with Gasteiger partial charge in [-0.15, -0.1) is 15.0 Å². The van der Waals surface area contributed by atoms with Crippen LogP contribution in [0.1, 0.15) is 26.4 Å². The van der Waals surface area contributed by atoms with Gasteiger partial charge in [0, 0.05) is 12.1 Å². The molecule has 2 amide bonds. The number of aromatic nitrogens is 3. The van der Waals surface area contributed by atoms with Crippen molar-refractivity contribution in [3.8, 4) is 5.69 Å². The molecule has 0 radical (unpaired) electrons. The van der Waals surface area contributed by atoms with Crippen LogP contribution < -0.4 is 22.1 Å². The van der Waals surface area contributed by atoms with Crippen molar-refractivity contribution in [2.24, 2.45) is 0 Å². The molecule has 3 aromatic carbocycles. The molecule has 166 valence electrons. The molecule has 0 aliphatic rings. The molecule has 0 aliphatic carbocycles. The molecule has 0 saturated carbocycles. The first kappa shape index (κ1) is 21.8. The van der Waals surface area contributed by atoms with Crippen molar-refractivity contribution in [1.29, 1.82) is 0 Å². The molecule has 0 unspecified atom stereocenters. The first-order valence-electron chi connectivity index (χ1n) is 9.93. The van der Waals surface area contributed by atoms with Crippen molar-refractivity contribution in [3.63, 3.8) is 0 Å². The Morgan fingerprint density at radius 1 is 0.879 bits per heavy atom. The van der Waals surface area contributed by atoms with Crippen LogP contribution >= 0.6 is 11.6 Å². The van der Waals surface area contributed by atoms with Crippen molar-refractivity contribution in [1.82, 2.24) is 20.3 Å². The molecule has 1 aromatic heterocycles. The van der Waals surface area contributed by atoms with E-state index in [-0.39, 0.29) is 24.0 Å². The Labute approximate surface area is 194 Å². The number of nitrogen functional groups attached to an aromatic ring is 2.